The van der Waals surface area contributed by atoms with Gasteiger partial charge in [-0.25, -0.2) is 0 Å². The molecule has 2 saturated heterocycles. The molecular formula is C24H36N4O3. The first-order chi connectivity index (χ1) is 15.2. The van der Waals surface area contributed by atoms with Crippen molar-refractivity contribution in [2.24, 2.45) is 5.92 Å². The van der Waals surface area contributed by atoms with Gasteiger partial charge in [0.25, 0.3) is 0 Å². The average molecular weight is 429 g/mol. The molecule has 4 rings (SSSR count). The number of fused-ring (bicyclic) bond motifs is 1. The molecule has 0 aromatic carbocycles. The van der Waals surface area contributed by atoms with E-state index in [1.54, 1.807) is 0 Å². The molecule has 0 radical (unpaired) electrons. The standard InChI is InChI=1S/C24H36N4O3/c1-2-30-17-18-9-11-27(12-10-18)16-23(29)26-24-21(14-25)20-7-3-4-8-22(20)28(24)15-19-6-5-13-31-19/h18-19H,2-13,15-17H2,1H3,(H,26,29). The Morgan fingerprint density at radius 3 is 2.74 bits per heavy atom. The molecule has 0 saturated carbocycles. The van der Waals surface area contributed by atoms with Gasteiger partial charge in [0, 0.05) is 25.5 Å². The molecular weight excluding hydrogens is 392 g/mol. The summed E-state index contributed by atoms with van der Waals surface area (Å²) in [4.78, 5) is 15.2. The summed E-state index contributed by atoms with van der Waals surface area (Å²) in [5.74, 6) is 1.27. The fourth-order valence-electron chi connectivity index (χ4n) is 5.28. The van der Waals surface area contributed by atoms with Crippen molar-refractivity contribution in [2.75, 3.05) is 44.8 Å². The highest BCUT2D eigenvalue weighted by Crippen LogP contribution is 2.34. The number of nitrogens with one attached hydrogen (secondary N) is 1. The Kier molecular flexibility index (Phi) is 7.65. The van der Waals surface area contributed by atoms with E-state index in [-0.39, 0.29) is 12.0 Å². The third kappa shape index (κ3) is 5.31. The van der Waals surface area contributed by atoms with E-state index in [1.165, 1.54) is 5.69 Å². The molecule has 1 aromatic heterocycles. The van der Waals surface area contributed by atoms with Crippen molar-refractivity contribution in [1.82, 2.24) is 9.47 Å². The van der Waals surface area contributed by atoms with Crippen molar-refractivity contribution in [1.29, 1.82) is 5.26 Å². The summed E-state index contributed by atoms with van der Waals surface area (Å²) < 4.78 is 13.6. The summed E-state index contributed by atoms with van der Waals surface area (Å²) in [6.45, 7) is 7.36. The van der Waals surface area contributed by atoms with Crippen LogP contribution in [0.2, 0.25) is 0 Å². The van der Waals surface area contributed by atoms with Crippen molar-refractivity contribution in [3.63, 3.8) is 0 Å². The van der Waals surface area contributed by atoms with Gasteiger partial charge in [-0.3, -0.25) is 9.69 Å². The van der Waals surface area contributed by atoms with Crippen molar-refractivity contribution < 1.29 is 14.3 Å². The fraction of sp³-hybridized carbons (Fsp3) is 0.750. The molecule has 1 amide bonds. The molecule has 7 heteroatoms. The number of ether oxygens (including phenoxy) is 2. The summed E-state index contributed by atoms with van der Waals surface area (Å²) >= 11 is 0. The summed E-state index contributed by atoms with van der Waals surface area (Å²) in [5, 5.41) is 13.0. The molecule has 1 unspecified atom stereocenters. The zero-order valence-electron chi connectivity index (χ0n) is 18.8. The highest BCUT2D eigenvalue weighted by atomic mass is 16.5. The number of anilines is 1. The molecule has 2 aliphatic heterocycles. The summed E-state index contributed by atoms with van der Waals surface area (Å²) in [6.07, 6.45) is 8.57. The maximum atomic E-state index is 13.0. The minimum atomic E-state index is -0.0248. The maximum absolute atomic E-state index is 13.0. The molecule has 170 valence electrons. The predicted octanol–water partition coefficient (Wildman–Crippen LogP) is 3.10. The largest absolute Gasteiger partial charge is 0.381 e. The van der Waals surface area contributed by atoms with Gasteiger partial charge in [0.15, 0.2) is 0 Å². The SMILES string of the molecule is CCOCC1CCN(CC(=O)Nc2c(C#N)c3c(n2CC2CCCO2)CCCC3)CC1. The normalized spacial score (nSPS) is 22.3. The molecule has 1 N–H and O–H groups in total. The summed E-state index contributed by atoms with van der Waals surface area (Å²) in [7, 11) is 0. The van der Waals surface area contributed by atoms with Crippen LogP contribution in [-0.2, 0) is 33.7 Å². The lowest BCUT2D eigenvalue weighted by molar-refractivity contribution is -0.117. The highest BCUT2D eigenvalue weighted by molar-refractivity contribution is 5.93. The highest BCUT2D eigenvalue weighted by Gasteiger charge is 2.29. The van der Waals surface area contributed by atoms with Gasteiger partial charge in [-0.2, -0.15) is 5.26 Å². The van der Waals surface area contributed by atoms with E-state index in [0.717, 1.165) is 96.4 Å². The Morgan fingerprint density at radius 1 is 1.23 bits per heavy atom. The molecule has 0 bridgehead atoms. The first kappa shape index (κ1) is 22.3. The lowest BCUT2D eigenvalue weighted by atomic mass is 9.95. The van der Waals surface area contributed by atoms with Gasteiger partial charge in [-0.05, 0) is 82.9 Å². The van der Waals surface area contributed by atoms with E-state index in [9.17, 15) is 10.1 Å². The Labute approximate surface area is 185 Å². The number of nitriles is 1. The van der Waals surface area contributed by atoms with Gasteiger partial charge in [0.2, 0.25) is 5.91 Å². The van der Waals surface area contributed by atoms with Crippen LogP contribution in [0, 0.1) is 17.2 Å². The molecule has 1 aliphatic carbocycles. The number of carbonyl (C=O) groups is 1. The summed E-state index contributed by atoms with van der Waals surface area (Å²) in [6, 6.07) is 2.40. The lowest BCUT2D eigenvalue weighted by Gasteiger charge is -2.31. The summed E-state index contributed by atoms with van der Waals surface area (Å²) in [5.41, 5.74) is 3.03. The zero-order valence-corrected chi connectivity index (χ0v) is 18.8. The Morgan fingerprint density at radius 2 is 2.03 bits per heavy atom. The second-order valence-electron chi connectivity index (χ2n) is 9.14. The molecule has 7 nitrogen and oxygen atoms in total. The van der Waals surface area contributed by atoms with Gasteiger partial charge in [-0.15, -0.1) is 0 Å². The monoisotopic (exact) mass is 428 g/mol. The molecule has 3 aliphatic rings. The van der Waals surface area contributed by atoms with E-state index >= 15 is 0 Å². The van der Waals surface area contributed by atoms with E-state index in [2.05, 4.69) is 20.9 Å². The number of carbonyl (C=O) groups excluding carboxylic acids is 1. The molecule has 0 spiro atoms. The third-order valence-electron chi connectivity index (χ3n) is 6.98. The Hall–Kier alpha value is -1.88. The van der Waals surface area contributed by atoms with Gasteiger partial charge in [-0.1, -0.05) is 0 Å². The van der Waals surface area contributed by atoms with Crippen molar-refractivity contribution >= 4 is 11.7 Å². The first-order valence-electron chi connectivity index (χ1n) is 12.1. The van der Waals surface area contributed by atoms with Crippen LogP contribution in [0.1, 0.15) is 62.3 Å². The molecule has 1 aromatic rings. The average Bonchev–Trinajstić information content (AvgIpc) is 3.40. The molecule has 3 heterocycles. The van der Waals surface area contributed by atoms with Crippen LogP contribution < -0.4 is 5.32 Å². The fourth-order valence-corrected chi connectivity index (χ4v) is 5.28. The van der Waals surface area contributed by atoms with Crippen LogP contribution in [0.25, 0.3) is 0 Å². The van der Waals surface area contributed by atoms with E-state index in [1.807, 2.05) is 6.92 Å². The smallest absolute Gasteiger partial charge is 0.239 e. The third-order valence-corrected chi connectivity index (χ3v) is 6.98. The van der Waals surface area contributed by atoms with E-state index in [0.29, 0.717) is 23.8 Å². The number of rotatable bonds is 8. The molecule has 1 atom stereocenters. The topological polar surface area (TPSA) is 79.5 Å². The minimum Gasteiger partial charge on any atom is -0.381 e. The van der Waals surface area contributed by atoms with Crippen LogP contribution in [0.4, 0.5) is 5.82 Å². The van der Waals surface area contributed by atoms with Gasteiger partial charge in [0.1, 0.15) is 11.9 Å². The van der Waals surface area contributed by atoms with E-state index in [4.69, 9.17) is 9.47 Å². The van der Waals surface area contributed by atoms with Crippen molar-refractivity contribution in [3.05, 3.63) is 16.8 Å². The minimum absolute atomic E-state index is 0.0248. The predicted molar refractivity (Wildman–Crippen MR) is 119 cm³/mol. The first-order valence-corrected chi connectivity index (χ1v) is 12.1. The molecule has 2 fully saturated rings. The number of piperidine rings is 1. The van der Waals surface area contributed by atoms with Crippen LogP contribution >= 0.6 is 0 Å². The zero-order chi connectivity index (χ0) is 21.6. The van der Waals surface area contributed by atoms with Crippen LogP contribution in [0.5, 0.6) is 0 Å². The lowest BCUT2D eigenvalue weighted by Crippen LogP contribution is -2.40. The number of amides is 1. The van der Waals surface area contributed by atoms with Crippen LogP contribution in [0.15, 0.2) is 0 Å². The number of aromatic nitrogens is 1. The number of likely N-dealkylation sites (tertiary alicyclic amines) is 1. The molecule has 31 heavy (non-hydrogen) atoms. The van der Waals surface area contributed by atoms with E-state index < -0.39 is 0 Å². The van der Waals surface area contributed by atoms with Crippen molar-refractivity contribution in [2.45, 2.75) is 70.9 Å². The quantitative estimate of drug-likeness (QED) is 0.688. The van der Waals surface area contributed by atoms with Crippen LogP contribution in [0.3, 0.4) is 0 Å². The van der Waals surface area contributed by atoms with Gasteiger partial charge >= 0.3 is 0 Å². The van der Waals surface area contributed by atoms with Crippen molar-refractivity contribution in [3.8, 4) is 6.07 Å². The Balaban J connectivity index is 1.44. The van der Waals surface area contributed by atoms with Gasteiger partial charge in [0.05, 0.1) is 24.8 Å². The Bertz CT molecular complexity index is 799. The number of hydrogen-bond donors (Lipinski definition) is 1. The second-order valence-corrected chi connectivity index (χ2v) is 9.14. The van der Waals surface area contributed by atoms with Gasteiger partial charge < -0.3 is 19.4 Å². The van der Waals surface area contributed by atoms with Crippen LogP contribution in [-0.4, -0.2) is 60.9 Å². The number of hydrogen-bond acceptors (Lipinski definition) is 5. The maximum Gasteiger partial charge on any atom is 0.239 e. The second kappa shape index (κ2) is 10.6. The number of nitrogens with zero attached hydrogens (tertiary/aromatic N) is 3.